The van der Waals surface area contributed by atoms with Crippen LogP contribution in [0.4, 0.5) is 5.82 Å². The number of amides is 1. The number of piperidine rings is 1. The number of benzene rings is 1. The molecule has 0 atom stereocenters. The van der Waals surface area contributed by atoms with E-state index in [9.17, 15) is 4.79 Å². The van der Waals surface area contributed by atoms with Gasteiger partial charge in [0.25, 0.3) is 5.91 Å². The molecule has 6 heteroatoms. The summed E-state index contributed by atoms with van der Waals surface area (Å²) in [5.41, 5.74) is 1.59. The highest BCUT2D eigenvalue weighted by Gasteiger charge is 2.14. The standard InChI is InChI=1S/C18H21IN4O/c1-13-10-17(23-8-3-2-4-9-23)22-16(21-13)12-20-18(24)14-6-5-7-15(19)11-14/h5-7,10-11H,2-4,8-9,12H2,1H3,(H,20,24). The molecule has 3 rings (SSSR count). The molecule has 1 saturated heterocycles. The van der Waals surface area contributed by atoms with E-state index in [2.05, 4.69) is 42.8 Å². The van der Waals surface area contributed by atoms with Gasteiger partial charge in [0, 0.05) is 34.0 Å². The summed E-state index contributed by atoms with van der Waals surface area (Å²) in [5.74, 6) is 1.54. The maximum Gasteiger partial charge on any atom is 0.251 e. The van der Waals surface area contributed by atoms with Gasteiger partial charge in [-0.3, -0.25) is 4.79 Å². The van der Waals surface area contributed by atoms with Gasteiger partial charge in [0.2, 0.25) is 0 Å². The zero-order chi connectivity index (χ0) is 16.9. The Bertz CT molecular complexity index is 729. The summed E-state index contributed by atoms with van der Waals surface area (Å²) in [5, 5.41) is 2.91. The van der Waals surface area contributed by atoms with E-state index in [-0.39, 0.29) is 5.91 Å². The molecule has 1 N–H and O–H groups in total. The van der Waals surface area contributed by atoms with Crippen molar-refractivity contribution in [3.8, 4) is 0 Å². The minimum Gasteiger partial charge on any atom is -0.357 e. The second-order valence-electron chi connectivity index (χ2n) is 6.02. The van der Waals surface area contributed by atoms with Crippen molar-refractivity contribution in [3.05, 3.63) is 51.0 Å². The molecule has 1 fully saturated rings. The fourth-order valence-corrected chi connectivity index (χ4v) is 3.41. The Kier molecular flexibility index (Phi) is 5.65. The molecule has 0 bridgehead atoms. The molecule has 2 aromatic rings. The van der Waals surface area contributed by atoms with Gasteiger partial charge in [-0.1, -0.05) is 6.07 Å². The normalized spacial score (nSPS) is 14.5. The molecular formula is C18H21IN4O. The van der Waals surface area contributed by atoms with Crippen LogP contribution < -0.4 is 10.2 Å². The number of hydrogen-bond donors (Lipinski definition) is 1. The fraction of sp³-hybridized carbons (Fsp3) is 0.389. The Morgan fingerprint density at radius 3 is 2.75 bits per heavy atom. The number of hydrogen-bond acceptors (Lipinski definition) is 4. The van der Waals surface area contributed by atoms with Crippen LogP contribution in [0.15, 0.2) is 30.3 Å². The first-order valence-electron chi connectivity index (χ1n) is 8.25. The molecule has 24 heavy (non-hydrogen) atoms. The van der Waals surface area contributed by atoms with Gasteiger partial charge >= 0.3 is 0 Å². The average Bonchev–Trinajstić information content (AvgIpc) is 2.60. The van der Waals surface area contributed by atoms with Gasteiger partial charge in [-0.25, -0.2) is 9.97 Å². The summed E-state index contributed by atoms with van der Waals surface area (Å²) in [7, 11) is 0. The van der Waals surface area contributed by atoms with E-state index in [1.165, 1.54) is 19.3 Å². The molecule has 5 nitrogen and oxygen atoms in total. The molecule has 126 valence electrons. The van der Waals surface area contributed by atoms with E-state index < -0.39 is 0 Å². The molecule has 0 aliphatic carbocycles. The van der Waals surface area contributed by atoms with Crippen molar-refractivity contribution in [1.82, 2.24) is 15.3 Å². The van der Waals surface area contributed by atoms with Gasteiger partial charge in [-0.2, -0.15) is 0 Å². The summed E-state index contributed by atoms with van der Waals surface area (Å²) in [6.45, 7) is 4.40. The van der Waals surface area contributed by atoms with E-state index in [4.69, 9.17) is 0 Å². The molecule has 2 heterocycles. The average molecular weight is 436 g/mol. The van der Waals surface area contributed by atoms with Crippen molar-refractivity contribution in [3.63, 3.8) is 0 Å². The van der Waals surface area contributed by atoms with E-state index in [0.29, 0.717) is 17.9 Å². The molecular weight excluding hydrogens is 415 g/mol. The Morgan fingerprint density at radius 1 is 1.21 bits per heavy atom. The minimum atomic E-state index is -0.0989. The highest BCUT2D eigenvalue weighted by atomic mass is 127. The van der Waals surface area contributed by atoms with Crippen LogP contribution in [0, 0.1) is 10.5 Å². The van der Waals surface area contributed by atoms with Crippen LogP contribution in [0.5, 0.6) is 0 Å². The Hall–Kier alpha value is -1.70. The number of nitrogens with zero attached hydrogens (tertiary/aromatic N) is 3. The number of nitrogens with one attached hydrogen (secondary N) is 1. The van der Waals surface area contributed by atoms with Crippen LogP contribution >= 0.6 is 22.6 Å². The molecule has 0 spiro atoms. The van der Waals surface area contributed by atoms with E-state index >= 15 is 0 Å². The van der Waals surface area contributed by atoms with Gasteiger partial charge in [0.1, 0.15) is 11.6 Å². The largest absolute Gasteiger partial charge is 0.357 e. The van der Waals surface area contributed by atoms with Gasteiger partial charge in [0.15, 0.2) is 0 Å². The van der Waals surface area contributed by atoms with Gasteiger partial charge in [-0.15, -0.1) is 0 Å². The van der Waals surface area contributed by atoms with Crippen molar-refractivity contribution in [2.24, 2.45) is 0 Å². The first kappa shape index (κ1) is 17.1. The number of aromatic nitrogens is 2. The third-order valence-corrected chi connectivity index (χ3v) is 4.73. The predicted molar refractivity (Wildman–Crippen MR) is 103 cm³/mol. The highest BCUT2D eigenvalue weighted by Crippen LogP contribution is 2.18. The van der Waals surface area contributed by atoms with E-state index in [1.807, 2.05) is 37.3 Å². The Labute approximate surface area is 156 Å². The molecule has 1 aliphatic rings. The van der Waals surface area contributed by atoms with E-state index in [0.717, 1.165) is 28.2 Å². The number of halogens is 1. The second-order valence-corrected chi connectivity index (χ2v) is 7.27. The summed E-state index contributed by atoms with van der Waals surface area (Å²) >= 11 is 2.20. The molecule has 1 aromatic heterocycles. The number of rotatable bonds is 4. The second kappa shape index (κ2) is 7.92. The monoisotopic (exact) mass is 436 g/mol. The van der Waals surface area contributed by atoms with Crippen molar-refractivity contribution >= 4 is 34.3 Å². The van der Waals surface area contributed by atoms with E-state index in [1.54, 1.807) is 0 Å². The van der Waals surface area contributed by atoms with Crippen LogP contribution in [0.1, 0.15) is 41.1 Å². The number of anilines is 1. The lowest BCUT2D eigenvalue weighted by Gasteiger charge is -2.28. The van der Waals surface area contributed by atoms with Crippen molar-refractivity contribution in [2.45, 2.75) is 32.7 Å². The van der Waals surface area contributed by atoms with Crippen molar-refractivity contribution in [1.29, 1.82) is 0 Å². The summed E-state index contributed by atoms with van der Waals surface area (Å²) < 4.78 is 1.04. The summed E-state index contributed by atoms with van der Waals surface area (Å²) in [6, 6.07) is 9.55. The number of carbonyl (C=O) groups is 1. The van der Waals surface area contributed by atoms with Gasteiger partial charge < -0.3 is 10.2 Å². The molecule has 0 unspecified atom stereocenters. The highest BCUT2D eigenvalue weighted by molar-refractivity contribution is 14.1. The topological polar surface area (TPSA) is 58.1 Å². The lowest BCUT2D eigenvalue weighted by molar-refractivity contribution is 0.0949. The zero-order valence-electron chi connectivity index (χ0n) is 13.8. The lowest BCUT2D eigenvalue weighted by atomic mass is 10.1. The lowest BCUT2D eigenvalue weighted by Crippen LogP contribution is -2.31. The van der Waals surface area contributed by atoms with Crippen LogP contribution in [-0.4, -0.2) is 29.0 Å². The molecule has 0 radical (unpaired) electrons. The van der Waals surface area contributed by atoms with Crippen molar-refractivity contribution in [2.75, 3.05) is 18.0 Å². The minimum absolute atomic E-state index is 0.0989. The zero-order valence-corrected chi connectivity index (χ0v) is 15.9. The maximum absolute atomic E-state index is 12.3. The van der Waals surface area contributed by atoms with Gasteiger partial charge in [0.05, 0.1) is 6.54 Å². The van der Waals surface area contributed by atoms with Crippen LogP contribution in [0.25, 0.3) is 0 Å². The Morgan fingerprint density at radius 2 is 2.00 bits per heavy atom. The van der Waals surface area contributed by atoms with Crippen LogP contribution in [0.3, 0.4) is 0 Å². The first-order chi connectivity index (χ1) is 11.6. The SMILES string of the molecule is Cc1cc(N2CCCCC2)nc(CNC(=O)c2cccc(I)c2)n1. The third-order valence-electron chi connectivity index (χ3n) is 4.06. The molecule has 1 aromatic carbocycles. The maximum atomic E-state index is 12.3. The fourth-order valence-electron chi connectivity index (χ4n) is 2.87. The third kappa shape index (κ3) is 4.43. The molecule has 0 saturated carbocycles. The van der Waals surface area contributed by atoms with Crippen LogP contribution in [0.2, 0.25) is 0 Å². The van der Waals surface area contributed by atoms with Gasteiger partial charge in [-0.05, 0) is 67.0 Å². The number of carbonyl (C=O) groups excluding carboxylic acids is 1. The van der Waals surface area contributed by atoms with Crippen LogP contribution in [-0.2, 0) is 6.54 Å². The predicted octanol–water partition coefficient (Wildman–Crippen LogP) is 3.31. The molecule has 1 aliphatic heterocycles. The first-order valence-corrected chi connectivity index (χ1v) is 9.33. The summed E-state index contributed by atoms with van der Waals surface area (Å²) in [4.78, 5) is 23.7. The Balaban J connectivity index is 1.68. The quantitative estimate of drug-likeness (QED) is 0.748. The van der Waals surface area contributed by atoms with Crippen molar-refractivity contribution < 1.29 is 4.79 Å². The number of aryl methyl sites for hydroxylation is 1. The smallest absolute Gasteiger partial charge is 0.251 e. The molecule has 1 amide bonds. The summed E-state index contributed by atoms with van der Waals surface area (Å²) in [6.07, 6.45) is 3.71.